The van der Waals surface area contributed by atoms with Gasteiger partial charge in [0, 0.05) is 17.1 Å². The number of alkyl halides is 6. The fourth-order valence-electron chi connectivity index (χ4n) is 3.17. The second kappa shape index (κ2) is 15.2. The maximum Gasteiger partial charge on any atom is 0.490 e. The first-order chi connectivity index (χ1) is 20.4. The van der Waals surface area contributed by atoms with Crippen molar-refractivity contribution in [2.24, 2.45) is 5.73 Å². The summed E-state index contributed by atoms with van der Waals surface area (Å²) in [6, 6.07) is 12.5. The van der Waals surface area contributed by atoms with Crippen molar-refractivity contribution in [1.82, 2.24) is 9.97 Å². The van der Waals surface area contributed by atoms with Crippen LogP contribution in [0.15, 0.2) is 48.7 Å². The Labute approximate surface area is 248 Å². The van der Waals surface area contributed by atoms with E-state index in [1.54, 1.807) is 6.07 Å². The van der Waals surface area contributed by atoms with Crippen molar-refractivity contribution in [1.29, 1.82) is 0 Å². The van der Waals surface area contributed by atoms with Crippen LogP contribution in [-0.2, 0) is 27.2 Å². The predicted molar refractivity (Wildman–Crippen MR) is 145 cm³/mol. The van der Waals surface area contributed by atoms with E-state index in [1.807, 2.05) is 36.4 Å². The molecule has 12 nitrogen and oxygen atoms in total. The van der Waals surface area contributed by atoms with Gasteiger partial charge in [0.25, 0.3) is 0 Å². The predicted octanol–water partition coefficient (Wildman–Crippen LogP) is 4.24. The molecule has 2 aromatic carbocycles. The van der Waals surface area contributed by atoms with Crippen molar-refractivity contribution in [3.05, 3.63) is 64.8 Å². The first kappa shape index (κ1) is 35.5. The number of rotatable bonds is 3. The molecule has 0 fully saturated rings. The molecule has 2 heterocycles. The minimum absolute atomic E-state index is 0.386. The molecule has 1 aromatic heterocycles. The van der Waals surface area contributed by atoms with Gasteiger partial charge in [-0.3, -0.25) is 4.79 Å². The lowest BCUT2D eigenvalue weighted by molar-refractivity contribution is -0.193. The monoisotopic (exact) mass is 652 g/mol. The Bertz CT molecular complexity index is 1470. The number of carboxylic acids is 2. The lowest BCUT2D eigenvalue weighted by atomic mass is 10.0. The third kappa shape index (κ3) is 11.2. The van der Waals surface area contributed by atoms with Crippen LogP contribution in [0.5, 0.6) is 0 Å². The van der Waals surface area contributed by atoms with Gasteiger partial charge in [-0.1, -0.05) is 23.7 Å². The van der Waals surface area contributed by atoms with E-state index in [0.717, 1.165) is 28.9 Å². The number of carbonyl (C=O) groups excluding carboxylic acids is 1. The van der Waals surface area contributed by atoms with E-state index in [1.165, 1.54) is 6.20 Å². The van der Waals surface area contributed by atoms with E-state index in [9.17, 15) is 31.1 Å². The number of nitrogens with one attached hydrogen (secondary N) is 3. The molecule has 1 atom stereocenters. The fraction of sp³-hybridized carbons (Fsp3) is 0.240. The van der Waals surface area contributed by atoms with Crippen LogP contribution in [0.3, 0.4) is 0 Å². The first-order valence-electron chi connectivity index (χ1n) is 12.0. The smallest absolute Gasteiger partial charge is 0.475 e. The minimum Gasteiger partial charge on any atom is -0.475 e. The van der Waals surface area contributed by atoms with Gasteiger partial charge in [0.15, 0.2) is 5.82 Å². The Kier molecular flexibility index (Phi) is 12.2. The summed E-state index contributed by atoms with van der Waals surface area (Å²) in [6.07, 6.45) is -7.19. The highest BCUT2D eigenvalue weighted by Gasteiger charge is 2.38. The van der Waals surface area contributed by atoms with Gasteiger partial charge in [-0.15, -0.1) is 0 Å². The zero-order valence-electron chi connectivity index (χ0n) is 22.0. The van der Waals surface area contributed by atoms with E-state index < -0.39 is 42.8 Å². The van der Waals surface area contributed by atoms with Crippen molar-refractivity contribution in [3.8, 4) is 0 Å². The zero-order chi connectivity index (χ0) is 33.2. The Morgan fingerprint density at radius 1 is 0.955 bits per heavy atom. The average Bonchev–Trinajstić information content (AvgIpc) is 2.94. The highest BCUT2D eigenvalue weighted by atomic mass is 35.5. The van der Waals surface area contributed by atoms with Crippen molar-refractivity contribution in [2.75, 3.05) is 22.6 Å². The lowest BCUT2D eigenvalue weighted by Gasteiger charge is -2.16. The topological polar surface area (TPSA) is 200 Å². The SMILES string of the molecule is N[C@@H](CO)C(=O)Nc1ccc2cc1CCc1cccc(c1)Nc1ncc(Cl)c(n1)N2.O=C(O)C(F)(F)F.O=C(O)C(F)(F)F. The van der Waals surface area contributed by atoms with E-state index in [4.69, 9.17) is 42.2 Å². The number of benzene rings is 2. The highest BCUT2D eigenvalue weighted by Crippen LogP contribution is 2.29. The van der Waals surface area contributed by atoms with E-state index in [2.05, 4.69) is 25.9 Å². The van der Waals surface area contributed by atoms with Crippen LogP contribution in [0.1, 0.15) is 11.1 Å². The number of carboxylic acid groups (broad SMARTS) is 2. The normalized spacial score (nSPS) is 12.8. The first-order valence-corrected chi connectivity index (χ1v) is 12.3. The number of aromatic nitrogens is 2. The third-order valence-electron chi connectivity index (χ3n) is 5.25. The zero-order valence-corrected chi connectivity index (χ0v) is 22.8. The molecule has 1 amide bonds. The quantitative estimate of drug-likeness (QED) is 0.200. The van der Waals surface area contributed by atoms with Crippen LogP contribution in [0, 0.1) is 0 Å². The van der Waals surface area contributed by atoms with Crippen LogP contribution in [-0.4, -0.2) is 68.1 Å². The molecule has 3 aromatic rings. The molecule has 8 N–H and O–H groups in total. The van der Waals surface area contributed by atoms with Crippen LogP contribution in [0.2, 0.25) is 5.02 Å². The fourth-order valence-corrected chi connectivity index (χ4v) is 3.31. The number of aryl methyl sites for hydroxylation is 2. The van der Waals surface area contributed by atoms with E-state index in [0.29, 0.717) is 28.9 Å². The summed E-state index contributed by atoms with van der Waals surface area (Å²) < 4.78 is 63.5. The summed E-state index contributed by atoms with van der Waals surface area (Å²) in [6.45, 7) is -0.421. The second-order valence-corrected chi connectivity index (χ2v) is 9.00. The number of hydrogen-bond donors (Lipinski definition) is 7. The summed E-state index contributed by atoms with van der Waals surface area (Å²) in [5.74, 6) is -5.05. The molecule has 0 saturated carbocycles. The molecule has 19 heteroatoms. The lowest BCUT2D eigenvalue weighted by Crippen LogP contribution is -2.38. The van der Waals surface area contributed by atoms with Crippen LogP contribution < -0.4 is 21.7 Å². The molecule has 1 aliphatic rings. The Morgan fingerprint density at radius 3 is 2.11 bits per heavy atom. The van der Waals surface area contributed by atoms with Gasteiger partial charge in [0.05, 0.1) is 12.8 Å². The van der Waals surface area contributed by atoms with Gasteiger partial charge in [-0.05, 0) is 54.3 Å². The average molecular weight is 653 g/mol. The molecule has 0 radical (unpaired) electrons. The minimum atomic E-state index is -5.08. The maximum atomic E-state index is 12.2. The third-order valence-corrected chi connectivity index (χ3v) is 5.53. The van der Waals surface area contributed by atoms with Crippen LogP contribution in [0.25, 0.3) is 0 Å². The summed E-state index contributed by atoms with van der Waals surface area (Å²) in [5.41, 5.74) is 9.97. The number of nitrogens with zero attached hydrogens (tertiary/aromatic N) is 2. The number of aliphatic carboxylic acids is 2. The molecule has 0 saturated heterocycles. The summed E-state index contributed by atoms with van der Waals surface area (Å²) >= 11 is 6.27. The molecule has 0 unspecified atom stereocenters. The van der Waals surface area contributed by atoms with Gasteiger partial charge < -0.3 is 37.0 Å². The van der Waals surface area contributed by atoms with Crippen molar-refractivity contribution in [3.63, 3.8) is 0 Å². The number of aliphatic hydroxyl groups excluding tert-OH is 1. The maximum absolute atomic E-state index is 12.2. The second-order valence-electron chi connectivity index (χ2n) is 8.60. The largest absolute Gasteiger partial charge is 0.490 e. The Hall–Kier alpha value is -4.68. The van der Waals surface area contributed by atoms with Crippen LogP contribution in [0.4, 0.5) is 55.2 Å². The number of anilines is 5. The number of nitrogens with two attached hydrogens (primary N) is 1. The number of amides is 1. The van der Waals surface area contributed by atoms with Gasteiger partial charge in [-0.2, -0.15) is 31.3 Å². The number of fused-ring (bicyclic) bond motifs is 6. The summed E-state index contributed by atoms with van der Waals surface area (Å²) in [5, 5.41) is 33.0. The number of hydrogen-bond acceptors (Lipinski definition) is 9. The Balaban J connectivity index is 0.000000402. The molecule has 238 valence electrons. The van der Waals surface area contributed by atoms with Gasteiger partial charge in [-0.25, -0.2) is 14.6 Å². The van der Waals surface area contributed by atoms with Gasteiger partial charge in [0.2, 0.25) is 11.9 Å². The number of aliphatic hydroxyl groups is 1. The van der Waals surface area contributed by atoms with Crippen molar-refractivity contribution >= 4 is 58.3 Å². The molecular formula is C25H23ClF6N6O6. The molecular weight excluding hydrogens is 630 g/mol. The summed E-state index contributed by atoms with van der Waals surface area (Å²) in [4.78, 5) is 38.7. The number of carbonyl (C=O) groups is 3. The summed E-state index contributed by atoms with van der Waals surface area (Å²) in [7, 11) is 0. The molecule has 1 aliphatic heterocycles. The van der Waals surface area contributed by atoms with E-state index in [-0.39, 0.29) is 0 Å². The van der Waals surface area contributed by atoms with E-state index >= 15 is 0 Å². The standard InChI is InChI=1S/C21H21ClN6O2.2C2HF3O2/c22-16-10-24-21-26-14-3-1-2-12(8-14)4-5-13-9-15(25-19(16)28-21)6-7-18(13)27-20(30)17(23)11-29;2*3-2(4,5)1(6)7/h1-3,6-10,17,29H,4-5,11,23H2,(H,27,30)(H2,24,25,26,28);2*(H,6,7)/t17-;;/m0../s1. The molecule has 0 aliphatic carbocycles. The molecule has 6 bridgehead atoms. The van der Waals surface area contributed by atoms with Crippen molar-refractivity contribution < 1.29 is 56.0 Å². The van der Waals surface area contributed by atoms with Gasteiger partial charge in [0.1, 0.15) is 11.1 Å². The Morgan fingerprint density at radius 2 is 1.55 bits per heavy atom. The molecule has 4 rings (SSSR count). The van der Waals surface area contributed by atoms with Crippen molar-refractivity contribution in [2.45, 2.75) is 31.2 Å². The molecule has 0 spiro atoms. The number of halogens is 7. The molecule has 44 heavy (non-hydrogen) atoms. The van der Waals surface area contributed by atoms with Gasteiger partial charge >= 0.3 is 24.3 Å². The highest BCUT2D eigenvalue weighted by molar-refractivity contribution is 6.32. The van der Waals surface area contributed by atoms with Crippen LogP contribution >= 0.6 is 11.6 Å².